The van der Waals surface area contributed by atoms with Crippen LogP contribution in [0.4, 0.5) is 4.79 Å². The number of hydrogen-bond donors (Lipinski definition) is 1. The number of ether oxygens (including phenoxy) is 1. The van der Waals surface area contributed by atoms with Gasteiger partial charge in [-0.15, -0.1) is 0 Å². The van der Waals surface area contributed by atoms with Crippen LogP contribution in [0, 0.1) is 0 Å². The number of Topliss-reactive ketones (excluding diaryl/α,β-unsaturated/α-hetero) is 1. The molecular weight excluding hydrogens is 280 g/mol. The predicted octanol–water partition coefficient (Wildman–Crippen LogP) is 2.35. The minimum atomic E-state index is -0.443. The Labute approximate surface area is 124 Å². The summed E-state index contributed by atoms with van der Waals surface area (Å²) < 4.78 is 5.22. The molecule has 6 heteroatoms. The lowest BCUT2D eigenvalue weighted by Gasteiger charge is -2.21. The van der Waals surface area contributed by atoms with Gasteiger partial charge in [0.15, 0.2) is 0 Å². The number of nitrogens with one attached hydrogen (secondary N) is 1. The molecule has 0 saturated carbocycles. The molecule has 20 heavy (non-hydrogen) atoms. The van der Waals surface area contributed by atoms with Crippen molar-refractivity contribution in [3.8, 4) is 0 Å². The summed E-state index contributed by atoms with van der Waals surface area (Å²) in [5.41, 5.74) is 0.919. The van der Waals surface area contributed by atoms with E-state index in [4.69, 9.17) is 16.5 Å². The maximum absolute atomic E-state index is 12.0. The molecule has 0 heterocycles. The van der Waals surface area contributed by atoms with Crippen LogP contribution in [0.5, 0.6) is 0 Å². The number of ketones is 1. The van der Waals surface area contributed by atoms with E-state index in [1.54, 1.807) is 0 Å². The molecule has 0 bridgehead atoms. The molecule has 0 aliphatic carbocycles. The molecule has 0 aliphatic heterocycles. The van der Waals surface area contributed by atoms with Gasteiger partial charge in [0.2, 0.25) is 0 Å². The minimum Gasteiger partial charge on any atom is -0.445 e. The van der Waals surface area contributed by atoms with E-state index in [1.165, 1.54) is 11.8 Å². The summed E-state index contributed by atoms with van der Waals surface area (Å²) in [6.45, 7) is 2.86. The number of carbonyl (C=O) groups is 2. The van der Waals surface area contributed by atoms with E-state index in [9.17, 15) is 9.59 Å². The highest BCUT2D eigenvalue weighted by Gasteiger charge is 2.15. The normalized spacial score (nSPS) is 10.1. The minimum absolute atomic E-state index is 0.0321. The van der Waals surface area contributed by atoms with Crippen molar-refractivity contribution in [2.75, 3.05) is 19.6 Å². The highest BCUT2D eigenvalue weighted by Crippen LogP contribution is 2.04. The second-order valence-electron chi connectivity index (χ2n) is 4.36. The summed E-state index contributed by atoms with van der Waals surface area (Å²) in [6.07, 6.45) is -0.134. The third-order valence-corrected chi connectivity index (χ3v) is 2.86. The first-order valence-corrected chi connectivity index (χ1v) is 6.80. The Hall–Kier alpha value is -1.59. The second-order valence-corrected chi connectivity index (χ2v) is 4.63. The van der Waals surface area contributed by atoms with Crippen molar-refractivity contribution in [3.05, 3.63) is 35.9 Å². The van der Waals surface area contributed by atoms with Crippen molar-refractivity contribution in [2.45, 2.75) is 20.0 Å². The van der Waals surface area contributed by atoms with Crippen LogP contribution < -0.4 is 4.84 Å². The Morgan fingerprint density at radius 1 is 1.25 bits per heavy atom. The van der Waals surface area contributed by atoms with Gasteiger partial charge in [0.1, 0.15) is 12.4 Å². The van der Waals surface area contributed by atoms with E-state index in [0.29, 0.717) is 26.1 Å². The SMILES string of the molecule is CC(=O)CCN(CCNCl)C(=O)OCc1ccccc1. The van der Waals surface area contributed by atoms with E-state index in [1.807, 2.05) is 30.3 Å². The van der Waals surface area contributed by atoms with Crippen LogP contribution in [0.2, 0.25) is 0 Å². The van der Waals surface area contributed by atoms with Crippen molar-refractivity contribution < 1.29 is 14.3 Å². The Kier molecular flexibility index (Phi) is 7.69. The van der Waals surface area contributed by atoms with Crippen LogP contribution in [-0.2, 0) is 16.1 Å². The molecule has 0 saturated heterocycles. The third-order valence-electron chi connectivity index (χ3n) is 2.67. The molecule has 1 aromatic rings. The van der Waals surface area contributed by atoms with Crippen LogP contribution in [0.3, 0.4) is 0 Å². The van der Waals surface area contributed by atoms with Gasteiger partial charge >= 0.3 is 6.09 Å². The topological polar surface area (TPSA) is 58.6 Å². The van der Waals surface area contributed by atoms with Gasteiger partial charge in [-0.1, -0.05) is 30.3 Å². The zero-order chi connectivity index (χ0) is 14.8. The fraction of sp³-hybridized carbons (Fsp3) is 0.429. The summed E-state index contributed by atoms with van der Waals surface area (Å²) in [4.78, 5) is 26.9. The number of amides is 1. The van der Waals surface area contributed by atoms with Gasteiger partial charge in [0.25, 0.3) is 0 Å². The number of nitrogens with zero attached hydrogens (tertiary/aromatic N) is 1. The van der Waals surface area contributed by atoms with E-state index in [-0.39, 0.29) is 12.4 Å². The number of rotatable bonds is 8. The first-order valence-electron chi connectivity index (χ1n) is 6.42. The molecule has 0 fully saturated rings. The van der Waals surface area contributed by atoms with Gasteiger partial charge in [-0.3, -0.25) is 4.79 Å². The third kappa shape index (κ3) is 6.54. The fourth-order valence-electron chi connectivity index (χ4n) is 1.57. The zero-order valence-corrected chi connectivity index (χ0v) is 12.2. The maximum atomic E-state index is 12.0. The molecule has 0 aliphatic rings. The van der Waals surface area contributed by atoms with Crippen molar-refractivity contribution in [2.24, 2.45) is 0 Å². The molecule has 0 aromatic heterocycles. The lowest BCUT2D eigenvalue weighted by Crippen LogP contribution is -2.37. The molecule has 0 unspecified atom stereocenters. The van der Waals surface area contributed by atoms with Gasteiger partial charge in [0.05, 0.1) is 0 Å². The quantitative estimate of drug-likeness (QED) is 0.749. The van der Waals surface area contributed by atoms with E-state index >= 15 is 0 Å². The van der Waals surface area contributed by atoms with Crippen LogP contribution in [0.1, 0.15) is 18.9 Å². The molecule has 110 valence electrons. The van der Waals surface area contributed by atoms with E-state index in [0.717, 1.165) is 5.56 Å². The second kappa shape index (κ2) is 9.34. The van der Waals surface area contributed by atoms with Gasteiger partial charge < -0.3 is 9.64 Å². The fourth-order valence-corrected chi connectivity index (χ4v) is 1.66. The molecular formula is C14H19ClN2O3. The number of carbonyl (C=O) groups excluding carboxylic acids is 2. The summed E-state index contributed by atoms with van der Waals surface area (Å²) in [5.74, 6) is 0.0321. The molecule has 5 nitrogen and oxygen atoms in total. The summed E-state index contributed by atoms with van der Waals surface area (Å²) in [6, 6.07) is 9.43. The van der Waals surface area contributed by atoms with Gasteiger partial charge in [-0.05, 0) is 24.3 Å². The van der Waals surface area contributed by atoms with Crippen molar-refractivity contribution in [3.63, 3.8) is 0 Å². The predicted molar refractivity (Wildman–Crippen MR) is 77.4 cm³/mol. The van der Waals surface area contributed by atoms with Crippen LogP contribution in [-0.4, -0.2) is 36.4 Å². The molecule has 1 rings (SSSR count). The van der Waals surface area contributed by atoms with Crippen LogP contribution >= 0.6 is 11.8 Å². The van der Waals surface area contributed by atoms with Gasteiger partial charge in [-0.2, -0.15) is 0 Å². The molecule has 1 aromatic carbocycles. The highest BCUT2D eigenvalue weighted by atomic mass is 35.5. The summed E-state index contributed by atoms with van der Waals surface area (Å²) in [7, 11) is 0. The Morgan fingerprint density at radius 3 is 2.55 bits per heavy atom. The zero-order valence-electron chi connectivity index (χ0n) is 11.5. The Morgan fingerprint density at radius 2 is 1.95 bits per heavy atom. The van der Waals surface area contributed by atoms with Crippen LogP contribution in [0.15, 0.2) is 30.3 Å². The molecule has 0 spiro atoms. The van der Waals surface area contributed by atoms with Crippen LogP contribution in [0.25, 0.3) is 0 Å². The average molecular weight is 299 g/mol. The Bertz CT molecular complexity index is 426. The average Bonchev–Trinajstić information content (AvgIpc) is 2.45. The lowest BCUT2D eigenvalue weighted by molar-refractivity contribution is -0.117. The smallest absolute Gasteiger partial charge is 0.410 e. The molecule has 0 radical (unpaired) electrons. The van der Waals surface area contributed by atoms with Gasteiger partial charge in [-0.25, -0.2) is 9.63 Å². The van der Waals surface area contributed by atoms with E-state index < -0.39 is 6.09 Å². The number of halogens is 1. The highest BCUT2D eigenvalue weighted by molar-refractivity contribution is 6.13. The number of benzene rings is 1. The first-order chi connectivity index (χ1) is 9.63. The first kappa shape index (κ1) is 16.5. The monoisotopic (exact) mass is 298 g/mol. The summed E-state index contributed by atoms with van der Waals surface area (Å²) in [5, 5.41) is 0. The van der Waals surface area contributed by atoms with Crippen molar-refractivity contribution in [1.29, 1.82) is 0 Å². The Balaban J connectivity index is 2.46. The van der Waals surface area contributed by atoms with Crippen molar-refractivity contribution in [1.82, 2.24) is 9.74 Å². The number of hydrogen-bond acceptors (Lipinski definition) is 4. The van der Waals surface area contributed by atoms with Crippen molar-refractivity contribution >= 4 is 23.7 Å². The largest absolute Gasteiger partial charge is 0.445 e. The summed E-state index contributed by atoms with van der Waals surface area (Å²) >= 11 is 5.39. The van der Waals surface area contributed by atoms with Gasteiger partial charge in [0, 0.05) is 26.1 Å². The molecule has 0 atom stereocenters. The standard InChI is InChI=1S/C14H19ClN2O3/c1-12(18)7-9-17(10-8-16-15)14(19)20-11-13-5-3-2-4-6-13/h2-6,16H,7-11H2,1H3. The maximum Gasteiger partial charge on any atom is 0.410 e. The van der Waals surface area contributed by atoms with E-state index in [2.05, 4.69) is 4.84 Å². The molecule has 1 amide bonds. The lowest BCUT2D eigenvalue weighted by atomic mass is 10.2. The molecule has 1 N–H and O–H groups in total.